The Morgan fingerprint density at radius 1 is 1.10 bits per heavy atom. The molecule has 1 atom stereocenters. The number of aldehydes is 1. The second-order valence-corrected chi connectivity index (χ2v) is 7.19. The Balaban J connectivity index is 1.94. The van der Waals surface area contributed by atoms with Gasteiger partial charge in [-0.05, 0) is 36.2 Å². The molecule has 0 amide bonds. The zero-order chi connectivity index (χ0) is 21.5. The highest BCUT2D eigenvalue weighted by molar-refractivity contribution is 5.61. The number of carbonyl (C=O) groups excluding carboxylic acids is 1. The minimum atomic E-state index is -0.369. The van der Waals surface area contributed by atoms with Gasteiger partial charge in [0.1, 0.15) is 18.3 Å². The molecule has 2 aromatic heterocycles. The summed E-state index contributed by atoms with van der Waals surface area (Å²) in [5.41, 5.74) is 2.00. The predicted octanol–water partition coefficient (Wildman–Crippen LogP) is 4.51. The largest absolute Gasteiger partial charge is 0.495 e. The third kappa shape index (κ3) is 4.79. The van der Waals surface area contributed by atoms with Crippen molar-refractivity contribution in [2.45, 2.75) is 26.2 Å². The van der Waals surface area contributed by atoms with Gasteiger partial charge in [0.05, 0.1) is 38.1 Å². The van der Waals surface area contributed by atoms with E-state index in [2.05, 4.69) is 23.8 Å². The maximum Gasteiger partial charge on any atom is 0.226 e. The molecule has 7 nitrogen and oxygen atoms in total. The molecule has 158 valence electrons. The SMILES string of the molecule is COc1ccc(-c2nc(C(CC=O)c3ncccc3OC)co2)cc1OCC(C)C. The van der Waals surface area contributed by atoms with E-state index in [-0.39, 0.29) is 12.3 Å². The van der Waals surface area contributed by atoms with Gasteiger partial charge in [0.2, 0.25) is 5.89 Å². The molecule has 3 rings (SSSR count). The molecular formula is C23H26N2O5. The van der Waals surface area contributed by atoms with Crippen LogP contribution in [0.5, 0.6) is 17.2 Å². The van der Waals surface area contributed by atoms with Crippen molar-refractivity contribution in [1.82, 2.24) is 9.97 Å². The average molecular weight is 410 g/mol. The molecule has 0 N–H and O–H groups in total. The fraction of sp³-hybridized carbons (Fsp3) is 0.348. The summed E-state index contributed by atoms with van der Waals surface area (Å²) >= 11 is 0. The van der Waals surface area contributed by atoms with Crippen molar-refractivity contribution in [3.05, 3.63) is 54.2 Å². The van der Waals surface area contributed by atoms with Gasteiger partial charge in [-0.15, -0.1) is 0 Å². The summed E-state index contributed by atoms with van der Waals surface area (Å²) in [6, 6.07) is 9.10. The Bertz CT molecular complexity index is 983. The summed E-state index contributed by atoms with van der Waals surface area (Å²) in [5, 5.41) is 0. The van der Waals surface area contributed by atoms with Crippen LogP contribution in [0, 0.1) is 5.92 Å². The third-order valence-corrected chi connectivity index (χ3v) is 4.54. The van der Waals surface area contributed by atoms with Crippen LogP contribution in [-0.4, -0.2) is 37.1 Å². The molecule has 0 saturated carbocycles. The number of oxazole rings is 1. The van der Waals surface area contributed by atoms with E-state index in [0.717, 1.165) is 11.8 Å². The van der Waals surface area contributed by atoms with Gasteiger partial charge in [-0.25, -0.2) is 4.98 Å². The number of ether oxygens (including phenoxy) is 3. The van der Waals surface area contributed by atoms with Crippen LogP contribution in [0.15, 0.2) is 47.2 Å². The van der Waals surface area contributed by atoms with Crippen molar-refractivity contribution < 1.29 is 23.4 Å². The summed E-state index contributed by atoms with van der Waals surface area (Å²) in [6.07, 6.45) is 4.28. The first-order chi connectivity index (χ1) is 14.6. The summed E-state index contributed by atoms with van der Waals surface area (Å²) in [5.74, 6) is 2.30. The molecule has 3 aromatic rings. The minimum absolute atomic E-state index is 0.213. The lowest BCUT2D eigenvalue weighted by Crippen LogP contribution is -2.07. The van der Waals surface area contributed by atoms with Crippen LogP contribution in [0.2, 0.25) is 0 Å². The maximum absolute atomic E-state index is 11.3. The minimum Gasteiger partial charge on any atom is -0.495 e. The van der Waals surface area contributed by atoms with Gasteiger partial charge < -0.3 is 23.4 Å². The summed E-state index contributed by atoms with van der Waals surface area (Å²) < 4.78 is 22.4. The highest BCUT2D eigenvalue weighted by atomic mass is 16.5. The van der Waals surface area contributed by atoms with Gasteiger partial charge >= 0.3 is 0 Å². The highest BCUT2D eigenvalue weighted by Crippen LogP contribution is 2.35. The Hall–Kier alpha value is -3.35. The quantitative estimate of drug-likeness (QED) is 0.455. The van der Waals surface area contributed by atoms with Crippen molar-refractivity contribution >= 4 is 6.29 Å². The van der Waals surface area contributed by atoms with Gasteiger partial charge in [0.25, 0.3) is 0 Å². The van der Waals surface area contributed by atoms with E-state index in [0.29, 0.717) is 47.1 Å². The van der Waals surface area contributed by atoms with Crippen molar-refractivity contribution in [2.75, 3.05) is 20.8 Å². The number of hydrogen-bond donors (Lipinski definition) is 0. The third-order valence-electron chi connectivity index (χ3n) is 4.54. The van der Waals surface area contributed by atoms with Crippen LogP contribution >= 0.6 is 0 Å². The van der Waals surface area contributed by atoms with Crippen LogP contribution < -0.4 is 14.2 Å². The van der Waals surface area contributed by atoms with Crippen LogP contribution in [0.25, 0.3) is 11.5 Å². The van der Waals surface area contributed by atoms with Crippen LogP contribution in [0.4, 0.5) is 0 Å². The molecular weight excluding hydrogens is 384 g/mol. The summed E-state index contributed by atoms with van der Waals surface area (Å²) in [4.78, 5) is 20.4. The molecule has 0 bridgehead atoms. The lowest BCUT2D eigenvalue weighted by Gasteiger charge is -2.14. The second kappa shape index (κ2) is 9.91. The van der Waals surface area contributed by atoms with E-state index >= 15 is 0 Å². The molecule has 0 saturated heterocycles. The molecule has 7 heteroatoms. The van der Waals surface area contributed by atoms with Crippen molar-refractivity contribution in [3.63, 3.8) is 0 Å². The van der Waals surface area contributed by atoms with Crippen LogP contribution in [0.1, 0.15) is 37.6 Å². The molecule has 0 radical (unpaired) electrons. The monoisotopic (exact) mass is 410 g/mol. The Kier molecular flexibility index (Phi) is 7.06. The maximum atomic E-state index is 11.3. The van der Waals surface area contributed by atoms with Gasteiger partial charge in [0.15, 0.2) is 11.5 Å². The topological polar surface area (TPSA) is 83.7 Å². The molecule has 0 aliphatic heterocycles. The van der Waals surface area contributed by atoms with E-state index in [1.165, 1.54) is 0 Å². The fourth-order valence-corrected chi connectivity index (χ4v) is 3.06. The molecule has 1 unspecified atom stereocenters. The molecule has 30 heavy (non-hydrogen) atoms. The first kappa shape index (κ1) is 21.4. The number of pyridine rings is 1. The number of rotatable bonds is 10. The smallest absolute Gasteiger partial charge is 0.226 e. The zero-order valence-electron chi connectivity index (χ0n) is 17.6. The Morgan fingerprint density at radius 2 is 1.90 bits per heavy atom. The molecule has 2 heterocycles. The average Bonchev–Trinajstić information content (AvgIpc) is 3.25. The Morgan fingerprint density at radius 3 is 2.60 bits per heavy atom. The van der Waals surface area contributed by atoms with Gasteiger partial charge in [0, 0.05) is 18.2 Å². The number of benzene rings is 1. The van der Waals surface area contributed by atoms with Crippen molar-refractivity contribution in [1.29, 1.82) is 0 Å². The number of carbonyl (C=O) groups is 1. The molecule has 0 fully saturated rings. The number of hydrogen-bond acceptors (Lipinski definition) is 7. The Labute approximate surface area is 176 Å². The van der Waals surface area contributed by atoms with E-state index in [9.17, 15) is 4.79 Å². The number of methoxy groups -OCH3 is 2. The van der Waals surface area contributed by atoms with Crippen molar-refractivity contribution in [2.24, 2.45) is 5.92 Å². The highest BCUT2D eigenvalue weighted by Gasteiger charge is 2.23. The standard InChI is InChI=1S/C23H26N2O5/c1-15(2)13-29-21-12-16(7-8-19(21)27-3)23-25-18(14-30-23)17(9-11-26)22-20(28-4)6-5-10-24-22/h5-8,10-12,14-15,17H,9,13H2,1-4H3. The second-order valence-electron chi connectivity index (χ2n) is 7.19. The van der Waals surface area contributed by atoms with Gasteiger partial charge in [-0.3, -0.25) is 4.98 Å². The van der Waals surface area contributed by atoms with E-state index in [4.69, 9.17) is 18.6 Å². The summed E-state index contributed by atoms with van der Waals surface area (Å²) in [6.45, 7) is 4.73. The van der Waals surface area contributed by atoms with E-state index < -0.39 is 0 Å². The lowest BCUT2D eigenvalue weighted by atomic mass is 9.97. The van der Waals surface area contributed by atoms with Crippen molar-refractivity contribution in [3.8, 4) is 28.7 Å². The fourth-order valence-electron chi connectivity index (χ4n) is 3.06. The normalized spacial score (nSPS) is 11.9. The van der Waals surface area contributed by atoms with E-state index in [1.54, 1.807) is 32.7 Å². The van der Waals surface area contributed by atoms with Crippen LogP contribution in [0.3, 0.4) is 0 Å². The summed E-state index contributed by atoms with van der Waals surface area (Å²) in [7, 11) is 3.17. The lowest BCUT2D eigenvalue weighted by molar-refractivity contribution is -0.108. The molecule has 1 aromatic carbocycles. The first-order valence-corrected chi connectivity index (χ1v) is 9.76. The number of nitrogens with zero attached hydrogens (tertiary/aromatic N) is 2. The molecule has 0 spiro atoms. The molecule has 0 aliphatic carbocycles. The number of aromatic nitrogens is 2. The van der Waals surface area contributed by atoms with Gasteiger partial charge in [-0.2, -0.15) is 0 Å². The molecule has 0 aliphatic rings. The van der Waals surface area contributed by atoms with E-state index in [1.807, 2.05) is 24.3 Å². The zero-order valence-corrected chi connectivity index (χ0v) is 17.6. The first-order valence-electron chi connectivity index (χ1n) is 9.76. The predicted molar refractivity (Wildman–Crippen MR) is 112 cm³/mol. The van der Waals surface area contributed by atoms with Crippen LogP contribution in [-0.2, 0) is 4.79 Å². The van der Waals surface area contributed by atoms with Gasteiger partial charge in [-0.1, -0.05) is 13.8 Å².